The van der Waals surface area contributed by atoms with Gasteiger partial charge in [-0.15, -0.1) is 11.3 Å². The van der Waals surface area contributed by atoms with E-state index in [1.54, 1.807) is 11.3 Å². The van der Waals surface area contributed by atoms with Gasteiger partial charge in [0.1, 0.15) is 5.69 Å². The highest BCUT2D eigenvalue weighted by Gasteiger charge is 2.26. The predicted molar refractivity (Wildman–Crippen MR) is 83.2 cm³/mol. The summed E-state index contributed by atoms with van der Waals surface area (Å²) in [4.78, 5) is 28.6. The largest absolute Gasteiger partial charge is 0.354 e. The van der Waals surface area contributed by atoms with E-state index in [1.165, 1.54) is 4.88 Å². The number of aromatic amines is 1. The Balaban J connectivity index is 1.69. The molecule has 0 saturated heterocycles. The molecule has 1 aliphatic carbocycles. The maximum Gasteiger partial charge on any atom is 0.268 e. The van der Waals surface area contributed by atoms with Gasteiger partial charge >= 0.3 is 0 Å². The number of carbonyl (C=O) groups excluding carboxylic acids is 2. The Labute approximate surface area is 127 Å². The molecule has 21 heavy (non-hydrogen) atoms. The molecular formula is C16H18N2O2S. The van der Waals surface area contributed by atoms with Crippen LogP contribution in [0.25, 0.3) is 0 Å². The highest BCUT2D eigenvalue weighted by atomic mass is 32.1. The number of ketones is 1. The summed E-state index contributed by atoms with van der Waals surface area (Å²) in [6.07, 6.45) is 3.14. The molecule has 0 spiro atoms. The van der Waals surface area contributed by atoms with Gasteiger partial charge in [0.15, 0.2) is 5.78 Å². The van der Waals surface area contributed by atoms with Crippen molar-refractivity contribution < 1.29 is 9.59 Å². The number of H-pyrrole nitrogens is 1. The number of hydrogen-bond acceptors (Lipinski definition) is 3. The van der Waals surface area contributed by atoms with E-state index in [1.807, 2.05) is 18.4 Å². The maximum atomic E-state index is 12.3. The standard InChI is InChI=1S/C16H18N2O2S/c1-10-14-12(5-2-6-13(14)19)18-15(10)16(20)17-8-7-11-4-3-9-21-11/h3-4,9,18H,2,5-8H2,1H3,(H,17,20). The number of nitrogens with one attached hydrogen (secondary N) is 2. The van der Waals surface area contributed by atoms with Crippen LogP contribution in [0.4, 0.5) is 0 Å². The Bertz CT molecular complexity index is 671. The van der Waals surface area contributed by atoms with Gasteiger partial charge in [0, 0.05) is 29.1 Å². The zero-order valence-corrected chi connectivity index (χ0v) is 12.8. The van der Waals surface area contributed by atoms with Crippen LogP contribution >= 0.6 is 11.3 Å². The molecule has 110 valence electrons. The molecule has 3 rings (SSSR count). The average Bonchev–Trinajstić information content (AvgIpc) is 3.08. The number of Topliss-reactive ketones (excluding diaryl/α,β-unsaturated/α-hetero) is 1. The first-order valence-corrected chi connectivity index (χ1v) is 8.10. The van der Waals surface area contributed by atoms with Crippen molar-refractivity contribution in [3.05, 3.63) is 44.9 Å². The minimum atomic E-state index is -0.119. The van der Waals surface area contributed by atoms with Crippen LogP contribution in [0.15, 0.2) is 17.5 Å². The number of carbonyl (C=O) groups is 2. The molecule has 0 saturated carbocycles. The Morgan fingerprint density at radius 3 is 3.00 bits per heavy atom. The molecule has 1 aliphatic rings. The van der Waals surface area contributed by atoms with E-state index in [0.717, 1.165) is 36.1 Å². The van der Waals surface area contributed by atoms with E-state index < -0.39 is 0 Å². The molecule has 1 amide bonds. The molecule has 0 fully saturated rings. The number of hydrogen-bond donors (Lipinski definition) is 2. The second kappa shape index (κ2) is 5.85. The lowest BCUT2D eigenvalue weighted by Crippen LogP contribution is -2.26. The summed E-state index contributed by atoms with van der Waals surface area (Å²) in [5, 5.41) is 4.96. The van der Waals surface area contributed by atoms with E-state index in [9.17, 15) is 9.59 Å². The Morgan fingerprint density at radius 2 is 2.29 bits per heavy atom. The first kappa shape index (κ1) is 14.1. The summed E-state index contributed by atoms with van der Waals surface area (Å²) in [7, 11) is 0. The van der Waals surface area contributed by atoms with E-state index in [-0.39, 0.29) is 11.7 Å². The lowest BCUT2D eigenvalue weighted by atomic mass is 9.94. The average molecular weight is 302 g/mol. The fourth-order valence-electron chi connectivity index (χ4n) is 2.84. The molecule has 0 radical (unpaired) electrons. The van der Waals surface area contributed by atoms with Crippen LogP contribution in [-0.4, -0.2) is 23.2 Å². The highest BCUT2D eigenvalue weighted by Crippen LogP contribution is 2.26. The molecule has 5 heteroatoms. The quantitative estimate of drug-likeness (QED) is 0.912. The van der Waals surface area contributed by atoms with Gasteiger partial charge in [0.2, 0.25) is 0 Å². The summed E-state index contributed by atoms with van der Waals surface area (Å²) in [5.74, 6) is 0.0360. The van der Waals surface area contributed by atoms with Gasteiger partial charge in [-0.1, -0.05) is 6.07 Å². The Morgan fingerprint density at radius 1 is 1.43 bits per heavy atom. The van der Waals surface area contributed by atoms with Crippen LogP contribution in [0.5, 0.6) is 0 Å². The van der Waals surface area contributed by atoms with Gasteiger partial charge in [-0.25, -0.2) is 0 Å². The topological polar surface area (TPSA) is 62.0 Å². The lowest BCUT2D eigenvalue weighted by molar-refractivity contribution is 0.0948. The summed E-state index contributed by atoms with van der Waals surface area (Å²) in [5.41, 5.74) is 3.00. The van der Waals surface area contributed by atoms with E-state index in [4.69, 9.17) is 0 Å². The zero-order valence-electron chi connectivity index (χ0n) is 12.0. The Hall–Kier alpha value is -1.88. The van der Waals surface area contributed by atoms with Gasteiger partial charge in [-0.3, -0.25) is 9.59 Å². The highest BCUT2D eigenvalue weighted by molar-refractivity contribution is 7.09. The molecule has 0 atom stereocenters. The second-order valence-corrected chi connectivity index (χ2v) is 6.37. The minimum Gasteiger partial charge on any atom is -0.354 e. The molecule has 0 aromatic carbocycles. The van der Waals surface area contributed by atoms with Gasteiger partial charge < -0.3 is 10.3 Å². The third kappa shape index (κ3) is 2.78. The van der Waals surface area contributed by atoms with Gasteiger partial charge in [-0.2, -0.15) is 0 Å². The van der Waals surface area contributed by atoms with Crippen LogP contribution in [0.3, 0.4) is 0 Å². The van der Waals surface area contributed by atoms with Crippen molar-refractivity contribution in [1.82, 2.24) is 10.3 Å². The maximum absolute atomic E-state index is 12.3. The fraction of sp³-hybridized carbons (Fsp3) is 0.375. The smallest absolute Gasteiger partial charge is 0.268 e. The molecule has 2 N–H and O–H groups in total. The second-order valence-electron chi connectivity index (χ2n) is 5.34. The van der Waals surface area contributed by atoms with Gasteiger partial charge in [0.25, 0.3) is 5.91 Å². The molecule has 0 aliphatic heterocycles. The third-order valence-electron chi connectivity index (χ3n) is 3.90. The summed E-state index contributed by atoms with van der Waals surface area (Å²) >= 11 is 1.69. The van der Waals surface area contributed by atoms with Crippen molar-refractivity contribution in [3.8, 4) is 0 Å². The number of fused-ring (bicyclic) bond motifs is 1. The molecule has 0 unspecified atom stereocenters. The van der Waals surface area contributed by atoms with Crippen LogP contribution in [0.1, 0.15) is 49.8 Å². The fourth-order valence-corrected chi connectivity index (χ4v) is 3.55. The number of aromatic nitrogens is 1. The van der Waals surface area contributed by atoms with E-state index in [2.05, 4.69) is 16.4 Å². The summed E-state index contributed by atoms with van der Waals surface area (Å²) in [6, 6.07) is 4.07. The van der Waals surface area contributed by atoms with E-state index in [0.29, 0.717) is 18.7 Å². The van der Waals surface area contributed by atoms with Crippen molar-refractivity contribution in [2.45, 2.75) is 32.6 Å². The van der Waals surface area contributed by atoms with Crippen molar-refractivity contribution in [1.29, 1.82) is 0 Å². The van der Waals surface area contributed by atoms with Crippen molar-refractivity contribution in [2.24, 2.45) is 0 Å². The summed E-state index contributed by atoms with van der Waals surface area (Å²) in [6.45, 7) is 2.46. The van der Waals surface area contributed by atoms with Crippen molar-refractivity contribution in [3.63, 3.8) is 0 Å². The molecular weight excluding hydrogens is 284 g/mol. The first-order valence-electron chi connectivity index (χ1n) is 7.22. The SMILES string of the molecule is Cc1c(C(=O)NCCc2cccs2)[nH]c2c1C(=O)CCC2. The van der Waals surface area contributed by atoms with E-state index >= 15 is 0 Å². The minimum absolute atomic E-state index is 0.119. The summed E-state index contributed by atoms with van der Waals surface area (Å²) < 4.78 is 0. The predicted octanol–water partition coefficient (Wildman–Crippen LogP) is 2.88. The van der Waals surface area contributed by atoms with Crippen LogP contribution in [-0.2, 0) is 12.8 Å². The van der Waals surface area contributed by atoms with Crippen LogP contribution in [0, 0.1) is 6.92 Å². The molecule has 2 aromatic rings. The molecule has 2 aromatic heterocycles. The zero-order chi connectivity index (χ0) is 14.8. The number of aryl methyl sites for hydroxylation is 1. The Kier molecular flexibility index (Phi) is 3.92. The lowest BCUT2D eigenvalue weighted by Gasteiger charge is -2.09. The first-order chi connectivity index (χ1) is 10.2. The van der Waals surface area contributed by atoms with Crippen LogP contribution < -0.4 is 5.32 Å². The number of rotatable bonds is 4. The third-order valence-corrected chi connectivity index (χ3v) is 4.84. The van der Waals surface area contributed by atoms with Crippen molar-refractivity contribution in [2.75, 3.05) is 6.54 Å². The molecule has 4 nitrogen and oxygen atoms in total. The van der Waals surface area contributed by atoms with Crippen LogP contribution in [0.2, 0.25) is 0 Å². The van der Waals surface area contributed by atoms with Crippen molar-refractivity contribution >= 4 is 23.0 Å². The van der Waals surface area contributed by atoms with Gasteiger partial charge in [0.05, 0.1) is 0 Å². The monoisotopic (exact) mass is 302 g/mol. The van der Waals surface area contributed by atoms with Gasteiger partial charge in [-0.05, 0) is 43.2 Å². The molecule has 2 heterocycles. The normalized spacial score (nSPS) is 14.0. The number of thiophene rings is 1. The molecule has 0 bridgehead atoms. The number of amides is 1.